The second kappa shape index (κ2) is 8.98. The van der Waals surface area contributed by atoms with Crippen molar-refractivity contribution in [1.82, 2.24) is 15.1 Å². The van der Waals surface area contributed by atoms with Crippen molar-refractivity contribution in [3.05, 3.63) is 29.8 Å². The van der Waals surface area contributed by atoms with Crippen LogP contribution in [0.15, 0.2) is 24.3 Å². The fraction of sp³-hybridized carbons (Fsp3) is 0.562. The van der Waals surface area contributed by atoms with Gasteiger partial charge in [0.2, 0.25) is 5.91 Å². The summed E-state index contributed by atoms with van der Waals surface area (Å²) in [5, 5.41) is 3.34. The topological polar surface area (TPSA) is 44.8 Å². The minimum Gasteiger partial charge on any atom is -0.496 e. The molecule has 0 aromatic heterocycles. The first kappa shape index (κ1) is 18.7. The van der Waals surface area contributed by atoms with Gasteiger partial charge in [0.25, 0.3) is 0 Å². The minimum atomic E-state index is 0. The van der Waals surface area contributed by atoms with Crippen molar-refractivity contribution in [2.75, 3.05) is 40.3 Å². The molecule has 5 nitrogen and oxygen atoms in total. The highest BCUT2D eigenvalue weighted by Crippen LogP contribution is 2.18. The fourth-order valence-electron chi connectivity index (χ4n) is 2.59. The molecule has 0 radical (unpaired) electrons. The summed E-state index contributed by atoms with van der Waals surface area (Å²) in [6.07, 6.45) is 0. The van der Waals surface area contributed by atoms with E-state index in [9.17, 15) is 4.79 Å². The first-order valence-electron chi connectivity index (χ1n) is 7.42. The molecule has 1 saturated heterocycles. The number of para-hydroxylation sites is 1. The van der Waals surface area contributed by atoms with E-state index in [4.69, 9.17) is 4.74 Å². The zero-order chi connectivity index (χ0) is 15.2. The largest absolute Gasteiger partial charge is 0.496 e. The molecule has 1 atom stereocenters. The number of likely N-dealkylation sites (N-methyl/N-ethyl adjacent to an activating group) is 1. The minimum absolute atomic E-state index is 0. The Bertz CT molecular complexity index is 484. The molecule has 1 fully saturated rings. The highest BCUT2D eigenvalue weighted by atomic mass is 35.5. The lowest BCUT2D eigenvalue weighted by Gasteiger charge is -2.34. The van der Waals surface area contributed by atoms with Crippen LogP contribution in [-0.4, -0.2) is 62.1 Å². The number of carbonyl (C=O) groups excluding carboxylic acids is 1. The molecule has 2 rings (SSSR count). The third-order valence-corrected chi connectivity index (χ3v) is 4.00. The molecular weight excluding hydrogens is 302 g/mol. The summed E-state index contributed by atoms with van der Waals surface area (Å²) in [5.41, 5.74) is 1.03. The zero-order valence-electron chi connectivity index (χ0n) is 13.5. The van der Waals surface area contributed by atoms with Gasteiger partial charge in [0.1, 0.15) is 5.75 Å². The van der Waals surface area contributed by atoms with Gasteiger partial charge in [0.15, 0.2) is 0 Å². The number of nitrogens with one attached hydrogen (secondary N) is 1. The highest BCUT2D eigenvalue weighted by molar-refractivity contribution is 5.85. The molecule has 1 aliphatic rings. The Morgan fingerprint density at radius 2 is 2.18 bits per heavy atom. The van der Waals surface area contributed by atoms with E-state index in [1.54, 1.807) is 12.0 Å². The maximum absolute atomic E-state index is 12.4. The molecule has 1 N–H and O–H groups in total. The number of benzene rings is 1. The second-order valence-corrected chi connectivity index (χ2v) is 5.59. The Morgan fingerprint density at radius 3 is 2.86 bits per heavy atom. The SMILES string of the molecule is COc1ccccc1CN(C)C(=O)CN1CCNC[C@@H]1C.Cl. The van der Waals surface area contributed by atoms with Gasteiger partial charge in [-0.15, -0.1) is 12.4 Å². The number of carbonyl (C=O) groups is 1. The molecule has 0 bridgehead atoms. The van der Waals surface area contributed by atoms with Crippen LogP contribution < -0.4 is 10.1 Å². The Kier molecular flexibility index (Phi) is 7.65. The van der Waals surface area contributed by atoms with Gasteiger partial charge in [-0.2, -0.15) is 0 Å². The molecular formula is C16H26ClN3O2. The number of halogens is 1. The van der Waals surface area contributed by atoms with Crippen molar-refractivity contribution < 1.29 is 9.53 Å². The third kappa shape index (κ3) is 4.87. The van der Waals surface area contributed by atoms with Crippen LogP contribution >= 0.6 is 12.4 Å². The van der Waals surface area contributed by atoms with Crippen molar-refractivity contribution in [1.29, 1.82) is 0 Å². The number of hydrogen-bond donors (Lipinski definition) is 1. The van der Waals surface area contributed by atoms with Crippen LogP contribution in [0.4, 0.5) is 0 Å². The van der Waals surface area contributed by atoms with Gasteiger partial charge in [-0.1, -0.05) is 18.2 Å². The summed E-state index contributed by atoms with van der Waals surface area (Å²) in [6.45, 7) is 6.03. The zero-order valence-corrected chi connectivity index (χ0v) is 14.4. The number of hydrogen-bond acceptors (Lipinski definition) is 4. The average molecular weight is 328 g/mol. The molecule has 1 aromatic rings. The van der Waals surface area contributed by atoms with Gasteiger partial charge in [-0.3, -0.25) is 9.69 Å². The molecule has 1 aliphatic heterocycles. The van der Waals surface area contributed by atoms with Crippen molar-refractivity contribution in [3.8, 4) is 5.75 Å². The van der Waals surface area contributed by atoms with Crippen molar-refractivity contribution in [2.24, 2.45) is 0 Å². The van der Waals surface area contributed by atoms with Gasteiger partial charge >= 0.3 is 0 Å². The molecule has 0 aliphatic carbocycles. The summed E-state index contributed by atoms with van der Waals surface area (Å²) in [5.74, 6) is 0.974. The van der Waals surface area contributed by atoms with Crippen LogP contribution in [-0.2, 0) is 11.3 Å². The second-order valence-electron chi connectivity index (χ2n) is 5.59. The van der Waals surface area contributed by atoms with E-state index >= 15 is 0 Å². The summed E-state index contributed by atoms with van der Waals surface area (Å²) in [6, 6.07) is 8.23. The first-order chi connectivity index (χ1) is 10.1. The molecule has 22 heavy (non-hydrogen) atoms. The van der Waals surface area contributed by atoms with E-state index in [-0.39, 0.29) is 18.3 Å². The monoisotopic (exact) mass is 327 g/mol. The summed E-state index contributed by atoms with van der Waals surface area (Å²) in [4.78, 5) is 16.4. The number of rotatable bonds is 5. The van der Waals surface area contributed by atoms with Crippen molar-refractivity contribution in [2.45, 2.75) is 19.5 Å². The predicted octanol–water partition coefficient (Wildman–Crippen LogP) is 1.37. The quantitative estimate of drug-likeness (QED) is 0.887. The smallest absolute Gasteiger partial charge is 0.236 e. The first-order valence-corrected chi connectivity index (χ1v) is 7.42. The maximum Gasteiger partial charge on any atom is 0.236 e. The molecule has 1 aromatic carbocycles. The van der Waals surface area contributed by atoms with E-state index in [2.05, 4.69) is 17.1 Å². The number of piperazine rings is 1. The summed E-state index contributed by atoms with van der Waals surface area (Å²) < 4.78 is 5.34. The van der Waals surface area contributed by atoms with E-state index in [1.165, 1.54) is 0 Å². The molecule has 0 unspecified atom stereocenters. The number of nitrogens with zero attached hydrogens (tertiary/aromatic N) is 2. The van der Waals surface area contributed by atoms with Crippen LogP contribution in [0.1, 0.15) is 12.5 Å². The van der Waals surface area contributed by atoms with Crippen LogP contribution in [0.3, 0.4) is 0 Å². The Labute approximate surface area is 139 Å². The van der Waals surface area contributed by atoms with Gasteiger partial charge in [-0.05, 0) is 13.0 Å². The fourth-order valence-corrected chi connectivity index (χ4v) is 2.59. The predicted molar refractivity (Wildman–Crippen MR) is 90.6 cm³/mol. The Hall–Kier alpha value is -1.30. The van der Waals surface area contributed by atoms with Gasteiger partial charge in [0.05, 0.1) is 13.7 Å². The lowest BCUT2D eigenvalue weighted by Crippen LogP contribution is -2.52. The highest BCUT2D eigenvalue weighted by Gasteiger charge is 2.22. The van der Waals surface area contributed by atoms with E-state index in [1.807, 2.05) is 31.3 Å². The van der Waals surface area contributed by atoms with Crippen molar-refractivity contribution in [3.63, 3.8) is 0 Å². The van der Waals surface area contributed by atoms with Crippen LogP contribution in [0.2, 0.25) is 0 Å². The number of amides is 1. The normalized spacial score (nSPS) is 18.4. The van der Waals surface area contributed by atoms with E-state index in [0.717, 1.165) is 30.9 Å². The summed E-state index contributed by atoms with van der Waals surface area (Å²) >= 11 is 0. The van der Waals surface area contributed by atoms with E-state index < -0.39 is 0 Å². The molecule has 0 spiro atoms. The lowest BCUT2D eigenvalue weighted by atomic mass is 10.2. The van der Waals surface area contributed by atoms with Gasteiger partial charge < -0.3 is 15.0 Å². The Morgan fingerprint density at radius 1 is 1.45 bits per heavy atom. The van der Waals surface area contributed by atoms with Crippen LogP contribution in [0.25, 0.3) is 0 Å². The molecule has 1 heterocycles. The van der Waals surface area contributed by atoms with Crippen molar-refractivity contribution >= 4 is 18.3 Å². The third-order valence-electron chi connectivity index (χ3n) is 4.00. The molecule has 1 amide bonds. The molecule has 124 valence electrons. The lowest BCUT2D eigenvalue weighted by molar-refractivity contribution is -0.132. The Balaban J connectivity index is 0.00000242. The molecule has 0 saturated carbocycles. The van der Waals surface area contributed by atoms with Gasteiger partial charge in [0, 0.05) is 44.8 Å². The van der Waals surface area contributed by atoms with Gasteiger partial charge in [-0.25, -0.2) is 0 Å². The maximum atomic E-state index is 12.4. The summed E-state index contributed by atoms with van der Waals surface area (Å²) in [7, 11) is 3.50. The number of ether oxygens (including phenoxy) is 1. The van der Waals surface area contributed by atoms with Crippen LogP contribution in [0, 0.1) is 0 Å². The van der Waals surface area contributed by atoms with E-state index in [0.29, 0.717) is 19.1 Å². The standard InChI is InChI=1S/C16H25N3O2.ClH/c1-13-10-17-8-9-19(13)12-16(20)18(2)11-14-6-4-5-7-15(14)21-3;/h4-7,13,17H,8-12H2,1-3H3;1H/t13-;/m0./s1. The van der Waals surface area contributed by atoms with Crippen LogP contribution in [0.5, 0.6) is 5.75 Å². The average Bonchev–Trinajstić information content (AvgIpc) is 2.50. The molecule has 6 heteroatoms. The number of methoxy groups -OCH3 is 1.